The minimum absolute atomic E-state index is 0.0134. The number of nitrogens with zero attached hydrogens (tertiary/aromatic N) is 5. The van der Waals surface area contributed by atoms with Crippen molar-refractivity contribution in [1.82, 2.24) is 10.3 Å². The molecule has 0 saturated heterocycles. The summed E-state index contributed by atoms with van der Waals surface area (Å²) in [4.78, 5) is 16.3. The van der Waals surface area contributed by atoms with E-state index in [0.29, 0.717) is 16.2 Å². The zero-order valence-electron chi connectivity index (χ0n) is 14.9. The van der Waals surface area contributed by atoms with Gasteiger partial charge in [0.05, 0.1) is 16.9 Å². The number of nitrogens with one attached hydrogen (secondary N) is 1. The lowest BCUT2D eigenvalue weighted by molar-refractivity contribution is -0.779. The molecule has 10 heteroatoms. The number of aromatic nitrogens is 3. The molecule has 0 aromatic carbocycles. The maximum atomic E-state index is 12.2. The van der Waals surface area contributed by atoms with Gasteiger partial charge < -0.3 is 5.73 Å². The number of anilines is 2. The van der Waals surface area contributed by atoms with E-state index in [2.05, 4.69) is 21.6 Å². The first kappa shape index (κ1) is 18.7. The van der Waals surface area contributed by atoms with Crippen molar-refractivity contribution in [1.29, 1.82) is 10.5 Å². The molecule has 138 valence electrons. The van der Waals surface area contributed by atoms with Crippen LogP contribution in [-0.2, 0) is 4.79 Å². The second kappa shape index (κ2) is 7.64. The van der Waals surface area contributed by atoms with Gasteiger partial charge >= 0.3 is 5.88 Å². The first-order valence-corrected chi connectivity index (χ1v) is 9.37. The fourth-order valence-electron chi connectivity index (χ4n) is 2.57. The van der Waals surface area contributed by atoms with E-state index in [-0.39, 0.29) is 40.9 Å². The van der Waals surface area contributed by atoms with E-state index in [1.807, 2.05) is 19.9 Å². The number of hydrogen-bond donors (Lipinski definition) is 2. The molecule has 0 aliphatic heterocycles. The number of nitrogens with two attached hydrogens (primary N) is 1. The molecule has 2 aromatic heterocycles. The number of nitriles is 2. The number of hydrogen-bond acceptors (Lipinski definition) is 8. The highest BCUT2D eigenvalue weighted by molar-refractivity contribution is 8.00. The highest BCUT2D eigenvalue weighted by Crippen LogP contribution is 2.45. The predicted molar refractivity (Wildman–Crippen MR) is 96.5 cm³/mol. The normalized spacial score (nSPS) is 13.2. The van der Waals surface area contributed by atoms with Crippen molar-refractivity contribution < 1.29 is 14.0 Å². The Morgan fingerprint density at radius 1 is 1.44 bits per heavy atom. The number of nitrogen functional groups attached to an aromatic ring is 1. The third kappa shape index (κ3) is 4.01. The van der Waals surface area contributed by atoms with Crippen LogP contribution >= 0.6 is 11.8 Å². The van der Waals surface area contributed by atoms with E-state index in [1.54, 1.807) is 10.9 Å². The van der Waals surface area contributed by atoms with Gasteiger partial charge in [0.15, 0.2) is 6.04 Å². The van der Waals surface area contributed by atoms with Gasteiger partial charge in [0.2, 0.25) is 11.2 Å². The lowest BCUT2D eigenvalue weighted by Gasteiger charge is -2.11. The Hall–Kier alpha value is -3.11. The van der Waals surface area contributed by atoms with E-state index >= 15 is 0 Å². The van der Waals surface area contributed by atoms with Gasteiger partial charge in [0.25, 0.3) is 6.20 Å². The molecule has 2 aromatic rings. The monoisotopic (exact) mass is 384 g/mol. The SMILES string of the molecule is CC(C)[n+]1cc(NC(=O)CSc2nc(N)c(C#N)c(C3CC3)c2C#N)on1. The highest BCUT2D eigenvalue weighted by Gasteiger charge is 2.32. The Bertz CT molecular complexity index is 967. The zero-order chi connectivity index (χ0) is 19.6. The fourth-order valence-corrected chi connectivity index (χ4v) is 3.38. The van der Waals surface area contributed by atoms with Crippen molar-refractivity contribution in [3.05, 3.63) is 22.9 Å². The fraction of sp³-hybridized carbons (Fsp3) is 0.412. The molecule has 0 atom stereocenters. The third-order valence-corrected chi connectivity index (χ3v) is 5.03. The molecule has 0 spiro atoms. The second-order valence-electron chi connectivity index (χ2n) is 6.44. The number of thioether (sulfide) groups is 1. The smallest absolute Gasteiger partial charge is 0.302 e. The summed E-state index contributed by atoms with van der Waals surface area (Å²) in [7, 11) is 0. The van der Waals surface area contributed by atoms with Gasteiger partial charge in [-0.15, -0.1) is 0 Å². The van der Waals surface area contributed by atoms with Crippen molar-refractivity contribution in [3.8, 4) is 12.1 Å². The molecule has 3 N–H and O–H groups in total. The number of rotatable bonds is 6. The average Bonchev–Trinajstić information content (AvgIpc) is 3.37. The number of amides is 1. The largest absolute Gasteiger partial charge is 0.383 e. The summed E-state index contributed by atoms with van der Waals surface area (Å²) in [5, 5.41) is 25.7. The van der Waals surface area contributed by atoms with Gasteiger partial charge in [-0.05, 0) is 42.9 Å². The highest BCUT2D eigenvalue weighted by atomic mass is 32.2. The molecule has 1 saturated carbocycles. The number of carbonyl (C=O) groups excluding carboxylic acids is 1. The minimum atomic E-state index is -0.325. The van der Waals surface area contributed by atoms with Crippen LogP contribution in [0.1, 0.15) is 55.3 Å². The molecule has 1 aliphatic carbocycles. The summed E-state index contributed by atoms with van der Waals surface area (Å²) in [6, 6.07) is 4.28. The van der Waals surface area contributed by atoms with Crippen molar-refractivity contribution in [2.75, 3.05) is 16.8 Å². The molecule has 1 amide bonds. The van der Waals surface area contributed by atoms with E-state index in [0.717, 1.165) is 24.6 Å². The van der Waals surface area contributed by atoms with Gasteiger partial charge in [-0.1, -0.05) is 11.8 Å². The van der Waals surface area contributed by atoms with Gasteiger partial charge in [-0.25, -0.2) is 4.98 Å². The Morgan fingerprint density at radius 3 is 2.70 bits per heavy atom. The van der Waals surface area contributed by atoms with Crippen molar-refractivity contribution in [3.63, 3.8) is 0 Å². The van der Waals surface area contributed by atoms with E-state index in [1.165, 1.54) is 0 Å². The summed E-state index contributed by atoms with van der Waals surface area (Å²) >= 11 is 1.10. The lowest BCUT2D eigenvalue weighted by Crippen LogP contribution is -2.36. The molecule has 0 radical (unpaired) electrons. The molecule has 0 bridgehead atoms. The molecule has 1 fully saturated rings. The zero-order valence-corrected chi connectivity index (χ0v) is 15.7. The maximum Gasteiger partial charge on any atom is 0.302 e. The quantitative estimate of drug-likeness (QED) is 0.567. The maximum absolute atomic E-state index is 12.2. The average molecular weight is 384 g/mol. The molecule has 1 aliphatic rings. The van der Waals surface area contributed by atoms with Gasteiger partial charge in [0, 0.05) is 0 Å². The van der Waals surface area contributed by atoms with Crippen LogP contribution in [0.15, 0.2) is 15.7 Å². The predicted octanol–water partition coefficient (Wildman–Crippen LogP) is 1.87. The van der Waals surface area contributed by atoms with Crippen LogP contribution in [0.4, 0.5) is 11.7 Å². The summed E-state index contributed by atoms with van der Waals surface area (Å²) in [5.74, 6) is 0.178. The van der Waals surface area contributed by atoms with Crippen molar-refractivity contribution >= 4 is 29.4 Å². The third-order valence-electron chi connectivity index (χ3n) is 4.05. The molecular formula is C17H18N7O2S+. The lowest BCUT2D eigenvalue weighted by atomic mass is 10.0. The van der Waals surface area contributed by atoms with Crippen LogP contribution in [0.2, 0.25) is 0 Å². The first-order chi connectivity index (χ1) is 12.9. The van der Waals surface area contributed by atoms with Gasteiger partial charge in [0.1, 0.15) is 23.0 Å². The molecule has 2 heterocycles. The molecule has 3 rings (SSSR count). The number of pyridine rings is 1. The first-order valence-electron chi connectivity index (χ1n) is 8.39. The molecular weight excluding hydrogens is 366 g/mol. The Balaban J connectivity index is 1.75. The van der Waals surface area contributed by atoms with E-state index in [4.69, 9.17) is 10.3 Å². The van der Waals surface area contributed by atoms with E-state index in [9.17, 15) is 15.3 Å². The summed E-state index contributed by atoms with van der Waals surface area (Å²) in [5.41, 5.74) is 7.15. The molecule has 9 nitrogen and oxygen atoms in total. The standard InChI is InChI=1S/C17H17N7O2S/c1-9(2)24-7-14(26-23-24)21-13(25)8-27-17-12(6-19)15(10-3-4-10)11(5-18)16(20)22-17/h7,9-10H,3-4,8H2,1-2H3,(H2-,20,21,22,23,25)/p+1. The van der Waals surface area contributed by atoms with Gasteiger partial charge in [-0.3, -0.25) is 14.6 Å². The topological polar surface area (TPSA) is 146 Å². The van der Waals surface area contributed by atoms with E-state index < -0.39 is 0 Å². The van der Waals surface area contributed by atoms with Gasteiger partial charge in [-0.2, -0.15) is 10.5 Å². The minimum Gasteiger partial charge on any atom is -0.383 e. The van der Waals surface area contributed by atoms with Crippen LogP contribution < -0.4 is 15.7 Å². The summed E-state index contributed by atoms with van der Waals surface area (Å²) < 4.78 is 6.63. The second-order valence-corrected chi connectivity index (χ2v) is 7.40. The van der Waals surface area contributed by atoms with Crippen LogP contribution in [0.5, 0.6) is 0 Å². The summed E-state index contributed by atoms with van der Waals surface area (Å²) in [6.45, 7) is 3.87. The van der Waals surface area contributed by atoms with Crippen molar-refractivity contribution in [2.45, 2.75) is 43.7 Å². The Morgan fingerprint density at radius 2 is 2.15 bits per heavy atom. The number of carbonyl (C=O) groups is 1. The van der Waals surface area contributed by atoms with Crippen LogP contribution in [0.25, 0.3) is 0 Å². The van der Waals surface area contributed by atoms with Crippen LogP contribution in [0, 0.1) is 22.7 Å². The summed E-state index contributed by atoms with van der Waals surface area (Å²) in [6.07, 6.45) is 3.43. The Labute approximate surface area is 160 Å². The molecule has 0 unspecified atom stereocenters. The molecule has 27 heavy (non-hydrogen) atoms. The van der Waals surface area contributed by atoms with Crippen LogP contribution in [-0.4, -0.2) is 21.9 Å². The van der Waals surface area contributed by atoms with Crippen molar-refractivity contribution in [2.24, 2.45) is 0 Å². The van der Waals surface area contributed by atoms with Crippen LogP contribution in [0.3, 0.4) is 0 Å². The Kier molecular flexibility index (Phi) is 5.28.